The fraction of sp³-hybridized carbons (Fsp3) is 0.227. The topological polar surface area (TPSA) is 45.1 Å². The zero-order chi connectivity index (χ0) is 18.5. The van der Waals surface area contributed by atoms with Crippen molar-refractivity contribution in [2.75, 3.05) is 5.75 Å². The SMILES string of the molecule is CCCC[S+]([O-])c1cccc(-c2cn(C)cc(-c3ccccc3)c2=O)c1. The van der Waals surface area contributed by atoms with Crippen LogP contribution in [0.5, 0.6) is 0 Å². The minimum Gasteiger partial charge on any atom is -0.611 e. The summed E-state index contributed by atoms with van der Waals surface area (Å²) in [4.78, 5) is 13.9. The highest BCUT2D eigenvalue weighted by atomic mass is 32.2. The average Bonchev–Trinajstić information content (AvgIpc) is 2.68. The van der Waals surface area contributed by atoms with Gasteiger partial charge < -0.3 is 9.12 Å². The summed E-state index contributed by atoms with van der Waals surface area (Å²) in [6.45, 7) is 2.09. The van der Waals surface area contributed by atoms with Crippen molar-refractivity contribution in [2.24, 2.45) is 7.05 Å². The number of rotatable bonds is 6. The highest BCUT2D eigenvalue weighted by Gasteiger charge is 2.15. The van der Waals surface area contributed by atoms with Crippen molar-refractivity contribution >= 4 is 11.2 Å². The van der Waals surface area contributed by atoms with E-state index in [1.54, 1.807) is 0 Å². The fourth-order valence-corrected chi connectivity index (χ4v) is 4.21. The van der Waals surface area contributed by atoms with Crippen molar-refractivity contribution < 1.29 is 4.55 Å². The van der Waals surface area contributed by atoms with E-state index >= 15 is 0 Å². The molecule has 0 saturated heterocycles. The summed E-state index contributed by atoms with van der Waals surface area (Å²) in [6, 6.07) is 17.2. The maximum atomic E-state index is 13.1. The Bertz CT molecular complexity index is 934. The molecule has 0 fully saturated rings. The highest BCUT2D eigenvalue weighted by Crippen LogP contribution is 2.24. The number of benzene rings is 2. The zero-order valence-electron chi connectivity index (χ0n) is 15.1. The Kier molecular flexibility index (Phi) is 5.96. The largest absolute Gasteiger partial charge is 0.611 e. The number of pyridine rings is 1. The van der Waals surface area contributed by atoms with Crippen molar-refractivity contribution in [2.45, 2.75) is 24.7 Å². The number of hydrogen-bond acceptors (Lipinski definition) is 2. The van der Waals surface area contributed by atoms with Gasteiger partial charge in [0.1, 0.15) is 5.75 Å². The fourth-order valence-electron chi connectivity index (χ4n) is 2.93. The molecule has 3 aromatic rings. The summed E-state index contributed by atoms with van der Waals surface area (Å²) in [7, 11) is 1.92. The van der Waals surface area contributed by atoms with E-state index in [4.69, 9.17) is 0 Å². The Morgan fingerprint density at radius 2 is 1.62 bits per heavy atom. The Balaban J connectivity index is 2.05. The summed E-state index contributed by atoms with van der Waals surface area (Å²) < 4.78 is 14.4. The molecule has 0 aliphatic carbocycles. The first-order valence-corrected chi connectivity index (χ1v) is 10.2. The van der Waals surface area contributed by atoms with Crippen molar-refractivity contribution in [3.8, 4) is 22.3 Å². The minimum atomic E-state index is -1.03. The van der Waals surface area contributed by atoms with Crippen LogP contribution in [0.15, 0.2) is 76.7 Å². The van der Waals surface area contributed by atoms with Crippen molar-refractivity contribution in [1.82, 2.24) is 4.57 Å². The van der Waals surface area contributed by atoms with Gasteiger partial charge >= 0.3 is 0 Å². The molecule has 134 valence electrons. The van der Waals surface area contributed by atoms with E-state index in [9.17, 15) is 9.35 Å². The van der Waals surface area contributed by atoms with Gasteiger partial charge in [-0.25, -0.2) is 0 Å². The van der Waals surface area contributed by atoms with E-state index in [2.05, 4.69) is 6.92 Å². The van der Waals surface area contributed by atoms with E-state index in [-0.39, 0.29) is 5.43 Å². The van der Waals surface area contributed by atoms with Crippen LogP contribution in [0.3, 0.4) is 0 Å². The molecule has 0 N–H and O–H groups in total. The van der Waals surface area contributed by atoms with Gasteiger partial charge in [-0.15, -0.1) is 0 Å². The quantitative estimate of drug-likeness (QED) is 0.598. The van der Waals surface area contributed by atoms with Gasteiger partial charge in [-0.1, -0.05) is 55.8 Å². The lowest BCUT2D eigenvalue weighted by atomic mass is 10.0. The Morgan fingerprint density at radius 3 is 2.31 bits per heavy atom. The average molecular weight is 365 g/mol. The number of aryl methyl sites for hydroxylation is 1. The Morgan fingerprint density at radius 1 is 0.962 bits per heavy atom. The van der Waals surface area contributed by atoms with Crippen LogP contribution < -0.4 is 5.43 Å². The monoisotopic (exact) mass is 365 g/mol. The summed E-state index contributed by atoms with van der Waals surface area (Å²) in [6.07, 6.45) is 5.64. The van der Waals surface area contributed by atoms with E-state index < -0.39 is 11.2 Å². The lowest BCUT2D eigenvalue weighted by Crippen LogP contribution is -2.12. The molecule has 26 heavy (non-hydrogen) atoms. The van der Waals surface area contributed by atoms with Crippen molar-refractivity contribution in [1.29, 1.82) is 0 Å². The molecular weight excluding hydrogens is 342 g/mol. The third-order valence-electron chi connectivity index (χ3n) is 4.33. The predicted molar refractivity (Wildman–Crippen MR) is 109 cm³/mol. The second kappa shape index (κ2) is 8.39. The molecule has 4 heteroatoms. The van der Waals surface area contributed by atoms with Crippen LogP contribution in [-0.4, -0.2) is 14.9 Å². The summed E-state index contributed by atoms with van der Waals surface area (Å²) in [5, 5.41) is 0. The molecule has 0 aliphatic heterocycles. The van der Waals surface area contributed by atoms with Gasteiger partial charge in [0.05, 0.1) is 0 Å². The predicted octanol–water partition coefficient (Wildman–Crippen LogP) is 4.63. The molecule has 1 aromatic heterocycles. The van der Waals surface area contributed by atoms with Crippen LogP contribution in [0, 0.1) is 0 Å². The normalized spacial score (nSPS) is 12.1. The summed E-state index contributed by atoms with van der Waals surface area (Å²) in [5.74, 6) is 0.655. The van der Waals surface area contributed by atoms with Crippen molar-refractivity contribution in [3.63, 3.8) is 0 Å². The van der Waals surface area contributed by atoms with E-state index in [0.29, 0.717) is 16.9 Å². The van der Waals surface area contributed by atoms with E-state index in [1.165, 1.54) is 0 Å². The van der Waals surface area contributed by atoms with E-state index in [0.717, 1.165) is 28.9 Å². The van der Waals surface area contributed by atoms with Crippen LogP contribution >= 0.6 is 0 Å². The smallest absolute Gasteiger partial charge is 0.197 e. The number of nitrogens with zero attached hydrogens (tertiary/aromatic N) is 1. The number of unbranched alkanes of at least 4 members (excludes halogenated alkanes) is 1. The summed E-state index contributed by atoms with van der Waals surface area (Å²) in [5.41, 5.74) is 3.00. The van der Waals surface area contributed by atoms with Crippen LogP contribution in [0.2, 0.25) is 0 Å². The molecule has 0 aliphatic rings. The molecule has 0 radical (unpaired) electrons. The highest BCUT2D eigenvalue weighted by molar-refractivity contribution is 7.91. The van der Waals surface area contributed by atoms with Crippen LogP contribution in [0.25, 0.3) is 22.3 Å². The molecule has 1 heterocycles. The van der Waals surface area contributed by atoms with Gasteiger partial charge in [0, 0.05) is 36.6 Å². The molecule has 0 spiro atoms. The van der Waals surface area contributed by atoms with Crippen LogP contribution in [0.4, 0.5) is 0 Å². The van der Waals surface area contributed by atoms with Gasteiger partial charge in [0.15, 0.2) is 10.3 Å². The van der Waals surface area contributed by atoms with Gasteiger partial charge in [-0.05, 0) is 34.8 Å². The molecule has 1 atom stereocenters. The third kappa shape index (κ3) is 4.09. The third-order valence-corrected chi connectivity index (χ3v) is 5.77. The first-order chi connectivity index (χ1) is 12.6. The second-order valence-corrected chi connectivity index (χ2v) is 7.95. The standard InChI is InChI=1S/C22H23NO2S/c1-3-4-13-26(25)19-12-8-11-18(14-19)21-16-23(2)15-20(22(21)24)17-9-6-5-7-10-17/h5-12,14-16H,3-4,13H2,1-2H3. The molecule has 1 unspecified atom stereocenters. The molecular formula is C22H23NO2S. The lowest BCUT2D eigenvalue weighted by Gasteiger charge is -2.12. The zero-order valence-corrected chi connectivity index (χ0v) is 16.0. The van der Waals surface area contributed by atoms with E-state index in [1.807, 2.05) is 78.6 Å². The maximum Gasteiger partial charge on any atom is 0.197 e. The molecule has 0 saturated carbocycles. The first kappa shape index (κ1) is 18.5. The van der Waals surface area contributed by atoms with Crippen molar-refractivity contribution in [3.05, 3.63) is 77.2 Å². The van der Waals surface area contributed by atoms with Gasteiger partial charge in [0.2, 0.25) is 0 Å². The van der Waals surface area contributed by atoms with Gasteiger partial charge in [-0.3, -0.25) is 4.79 Å². The Labute approximate surface area is 157 Å². The Hall–Kier alpha value is -2.30. The molecule has 3 rings (SSSR count). The summed E-state index contributed by atoms with van der Waals surface area (Å²) >= 11 is -1.03. The number of aromatic nitrogens is 1. The molecule has 0 amide bonds. The van der Waals surface area contributed by atoms with Crippen LogP contribution in [-0.2, 0) is 18.2 Å². The second-order valence-electron chi connectivity index (χ2n) is 6.38. The molecule has 2 aromatic carbocycles. The number of hydrogen-bond donors (Lipinski definition) is 0. The molecule has 0 bridgehead atoms. The molecule has 3 nitrogen and oxygen atoms in total. The lowest BCUT2D eigenvalue weighted by molar-refractivity contribution is 0.591. The first-order valence-electron chi connectivity index (χ1n) is 8.84. The van der Waals surface area contributed by atoms with Gasteiger partial charge in [0.25, 0.3) is 0 Å². The van der Waals surface area contributed by atoms with Crippen LogP contribution in [0.1, 0.15) is 19.8 Å². The minimum absolute atomic E-state index is 0.00853. The van der Waals surface area contributed by atoms with Gasteiger partial charge in [-0.2, -0.15) is 0 Å². The maximum absolute atomic E-state index is 13.1.